The van der Waals surface area contributed by atoms with Crippen LogP contribution in [0.3, 0.4) is 0 Å². The lowest BCUT2D eigenvalue weighted by Gasteiger charge is -2.10. The fourth-order valence-electron chi connectivity index (χ4n) is 2.53. The van der Waals surface area contributed by atoms with Crippen LogP contribution in [-0.4, -0.2) is 12.5 Å². The van der Waals surface area contributed by atoms with Crippen molar-refractivity contribution in [3.8, 4) is 0 Å². The molecule has 134 valence electrons. The third-order valence-corrected chi connectivity index (χ3v) is 4.17. The summed E-state index contributed by atoms with van der Waals surface area (Å²) in [7, 11) is 0. The molecule has 0 fully saturated rings. The van der Waals surface area contributed by atoms with Crippen LogP contribution in [0.4, 0.5) is 5.69 Å². The first kappa shape index (κ1) is 19.0. The zero-order valence-corrected chi connectivity index (χ0v) is 15.8. The predicted molar refractivity (Wildman–Crippen MR) is 106 cm³/mol. The minimum Gasteiger partial charge on any atom is -0.381 e. The molecule has 0 aromatic heterocycles. The molecule has 0 unspecified atom stereocenters. The van der Waals surface area contributed by atoms with Crippen molar-refractivity contribution in [2.75, 3.05) is 11.9 Å². The number of amides is 1. The van der Waals surface area contributed by atoms with Crippen molar-refractivity contribution >= 4 is 11.6 Å². The predicted octanol–water partition coefficient (Wildman–Crippen LogP) is 4.74. The normalized spacial score (nSPS) is 11.0. The second-order valence-corrected chi connectivity index (χ2v) is 7.32. The highest BCUT2D eigenvalue weighted by Crippen LogP contribution is 2.16. The molecule has 0 aliphatic rings. The van der Waals surface area contributed by atoms with Gasteiger partial charge in [-0.25, -0.2) is 0 Å². The van der Waals surface area contributed by atoms with Crippen molar-refractivity contribution in [3.05, 3.63) is 65.2 Å². The molecule has 25 heavy (non-hydrogen) atoms. The molecular weight excluding hydrogens is 308 g/mol. The van der Waals surface area contributed by atoms with Gasteiger partial charge in [0.05, 0.1) is 6.42 Å². The van der Waals surface area contributed by atoms with Crippen molar-refractivity contribution in [1.29, 1.82) is 0 Å². The second kappa shape index (κ2) is 9.26. The van der Waals surface area contributed by atoms with Gasteiger partial charge in [0.2, 0.25) is 5.91 Å². The van der Waals surface area contributed by atoms with E-state index in [2.05, 4.69) is 62.6 Å². The van der Waals surface area contributed by atoms with Crippen molar-refractivity contribution < 1.29 is 4.79 Å². The first-order valence-corrected chi connectivity index (χ1v) is 9.12. The molecule has 2 aromatic carbocycles. The Balaban J connectivity index is 1.82. The fraction of sp³-hybridized carbons (Fsp3) is 0.409. The number of rotatable bonds is 8. The Morgan fingerprint density at radius 2 is 1.48 bits per heavy atom. The molecule has 0 bridgehead atoms. The van der Waals surface area contributed by atoms with E-state index in [4.69, 9.17) is 0 Å². The number of hydrogen-bond acceptors (Lipinski definition) is 2. The SMILES string of the molecule is CC(C)CNC(=O)Cc1ccc(NCc2ccc(C(C)C)cc2)cc1. The Labute approximate surface area is 151 Å². The van der Waals surface area contributed by atoms with E-state index in [1.54, 1.807) is 0 Å². The minimum absolute atomic E-state index is 0.0830. The lowest BCUT2D eigenvalue weighted by molar-refractivity contribution is -0.120. The van der Waals surface area contributed by atoms with Crippen LogP contribution < -0.4 is 10.6 Å². The summed E-state index contributed by atoms with van der Waals surface area (Å²) < 4.78 is 0. The summed E-state index contributed by atoms with van der Waals surface area (Å²) in [6.45, 7) is 10.1. The van der Waals surface area contributed by atoms with E-state index < -0.39 is 0 Å². The molecule has 0 aliphatic carbocycles. The van der Waals surface area contributed by atoms with E-state index in [0.717, 1.165) is 24.3 Å². The van der Waals surface area contributed by atoms with Crippen LogP contribution in [0.1, 0.15) is 50.3 Å². The lowest BCUT2D eigenvalue weighted by atomic mass is 10.0. The van der Waals surface area contributed by atoms with Crippen molar-refractivity contribution in [3.63, 3.8) is 0 Å². The Hall–Kier alpha value is -2.29. The molecule has 0 saturated heterocycles. The van der Waals surface area contributed by atoms with Crippen LogP contribution in [0.5, 0.6) is 0 Å². The van der Waals surface area contributed by atoms with Crippen LogP contribution in [0.2, 0.25) is 0 Å². The maximum atomic E-state index is 11.9. The zero-order chi connectivity index (χ0) is 18.2. The third kappa shape index (κ3) is 6.61. The van der Waals surface area contributed by atoms with E-state index in [1.807, 2.05) is 24.3 Å². The van der Waals surface area contributed by atoms with Gasteiger partial charge in [0.25, 0.3) is 0 Å². The van der Waals surface area contributed by atoms with Crippen molar-refractivity contribution in [1.82, 2.24) is 5.32 Å². The molecular formula is C22H30N2O. The highest BCUT2D eigenvalue weighted by molar-refractivity contribution is 5.78. The molecule has 0 aliphatic heterocycles. The summed E-state index contributed by atoms with van der Waals surface area (Å²) in [4.78, 5) is 11.9. The summed E-state index contributed by atoms with van der Waals surface area (Å²) in [5.74, 6) is 1.12. The van der Waals surface area contributed by atoms with E-state index in [-0.39, 0.29) is 5.91 Å². The molecule has 3 nitrogen and oxygen atoms in total. The van der Waals surface area contributed by atoms with Gasteiger partial charge in [0.1, 0.15) is 0 Å². The molecule has 0 saturated carbocycles. The molecule has 2 rings (SSSR count). The molecule has 0 atom stereocenters. The van der Waals surface area contributed by atoms with Gasteiger partial charge >= 0.3 is 0 Å². The summed E-state index contributed by atoms with van der Waals surface area (Å²) in [5.41, 5.74) is 4.73. The molecule has 0 radical (unpaired) electrons. The number of carbonyl (C=O) groups is 1. The Bertz CT molecular complexity index is 657. The summed E-state index contributed by atoms with van der Waals surface area (Å²) in [6, 6.07) is 16.8. The van der Waals surface area contributed by atoms with E-state index >= 15 is 0 Å². The number of benzene rings is 2. The molecule has 3 heteroatoms. The Morgan fingerprint density at radius 1 is 0.880 bits per heavy atom. The largest absolute Gasteiger partial charge is 0.381 e. The molecule has 2 N–H and O–H groups in total. The second-order valence-electron chi connectivity index (χ2n) is 7.32. The molecule has 1 amide bonds. The third-order valence-electron chi connectivity index (χ3n) is 4.17. The van der Waals surface area contributed by atoms with E-state index in [1.165, 1.54) is 11.1 Å². The first-order chi connectivity index (χ1) is 11.9. The number of carbonyl (C=O) groups excluding carboxylic acids is 1. The van der Waals surface area contributed by atoms with E-state index in [0.29, 0.717) is 18.3 Å². The first-order valence-electron chi connectivity index (χ1n) is 9.12. The van der Waals surface area contributed by atoms with Gasteiger partial charge in [-0.1, -0.05) is 64.1 Å². The standard InChI is InChI=1S/C22H30N2O/c1-16(2)14-24-22(25)13-18-7-11-21(12-8-18)23-15-19-5-9-20(10-6-19)17(3)4/h5-12,16-17,23H,13-15H2,1-4H3,(H,24,25). The van der Waals surface area contributed by atoms with Crippen LogP contribution >= 0.6 is 0 Å². The number of anilines is 1. The van der Waals surface area contributed by atoms with Crippen LogP contribution in [0.25, 0.3) is 0 Å². The Morgan fingerprint density at radius 3 is 2.04 bits per heavy atom. The smallest absolute Gasteiger partial charge is 0.224 e. The van der Waals surface area contributed by atoms with Gasteiger partial charge in [-0.15, -0.1) is 0 Å². The number of hydrogen-bond donors (Lipinski definition) is 2. The fourth-order valence-corrected chi connectivity index (χ4v) is 2.53. The summed E-state index contributed by atoms with van der Waals surface area (Å²) in [5, 5.41) is 6.38. The monoisotopic (exact) mass is 338 g/mol. The summed E-state index contributed by atoms with van der Waals surface area (Å²) >= 11 is 0. The van der Waals surface area contributed by atoms with Gasteiger partial charge in [0, 0.05) is 18.8 Å². The molecule has 0 heterocycles. The topological polar surface area (TPSA) is 41.1 Å². The van der Waals surface area contributed by atoms with Gasteiger partial charge in [-0.3, -0.25) is 4.79 Å². The quantitative estimate of drug-likeness (QED) is 0.730. The number of nitrogens with one attached hydrogen (secondary N) is 2. The highest BCUT2D eigenvalue weighted by Gasteiger charge is 2.04. The van der Waals surface area contributed by atoms with Crippen molar-refractivity contribution in [2.24, 2.45) is 5.92 Å². The molecule has 2 aromatic rings. The maximum Gasteiger partial charge on any atom is 0.224 e. The Kier molecular flexibility index (Phi) is 7.05. The van der Waals surface area contributed by atoms with Crippen molar-refractivity contribution in [2.45, 2.75) is 46.6 Å². The minimum atomic E-state index is 0.0830. The summed E-state index contributed by atoms with van der Waals surface area (Å²) in [6.07, 6.45) is 0.434. The van der Waals surface area contributed by atoms with Gasteiger partial charge in [-0.05, 0) is 40.7 Å². The maximum absolute atomic E-state index is 11.9. The van der Waals surface area contributed by atoms with Gasteiger partial charge < -0.3 is 10.6 Å². The average molecular weight is 338 g/mol. The lowest BCUT2D eigenvalue weighted by Crippen LogP contribution is -2.28. The van der Waals surface area contributed by atoms with Gasteiger partial charge in [-0.2, -0.15) is 0 Å². The molecule has 0 spiro atoms. The van der Waals surface area contributed by atoms with Gasteiger partial charge in [0.15, 0.2) is 0 Å². The van der Waals surface area contributed by atoms with E-state index in [9.17, 15) is 4.79 Å². The highest BCUT2D eigenvalue weighted by atomic mass is 16.1. The van der Waals surface area contributed by atoms with Crippen LogP contribution in [0.15, 0.2) is 48.5 Å². The van der Waals surface area contributed by atoms with Crippen LogP contribution in [-0.2, 0) is 17.8 Å². The zero-order valence-electron chi connectivity index (χ0n) is 15.8. The van der Waals surface area contributed by atoms with Crippen LogP contribution in [0, 0.1) is 5.92 Å². The average Bonchev–Trinajstić information content (AvgIpc) is 2.60.